The summed E-state index contributed by atoms with van der Waals surface area (Å²) in [5.74, 6) is -3.32. The second-order valence-electron chi connectivity index (χ2n) is 2.86. The van der Waals surface area contributed by atoms with Gasteiger partial charge in [0.05, 0.1) is 0 Å². The third-order valence-electron chi connectivity index (χ3n) is 1.62. The Morgan fingerprint density at radius 1 is 1.44 bits per heavy atom. The molecule has 10 heteroatoms. The highest BCUT2D eigenvalue weighted by Gasteiger charge is 2.36. The second kappa shape index (κ2) is 5.20. The van der Waals surface area contributed by atoms with Crippen LogP contribution in [-0.2, 0) is 0 Å². The number of rotatable bonds is 3. The first-order chi connectivity index (χ1) is 8.11. The van der Waals surface area contributed by atoms with Gasteiger partial charge in [-0.1, -0.05) is 0 Å². The Morgan fingerprint density at radius 2 is 2.00 bits per heavy atom. The molecule has 1 N–H and O–H groups in total. The maximum atomic E-state index is 12.5. The molecule has 0 saturated heterocycles. The Hall–Kier alpha value is -1.20. The zero-order valence-corrected chi connectivity index (χ0v) is 10.3. The average Bonchev–Trinajstić information content (AvgIpc) is 2.17. The Bertz CT molecular complexity index is 477. The van der Waals surface area contributed by atoms with Crippen LogP contribution in [0.25, 0.3) is 0 Å². The summed E-state index contributed by atoms with van der Waals surface area (Å²) in [5.41, 5.74) is -2.39. The molecule has 0 radical (unpaired) electrons. The summed E-state index contributed by atoms with van der Waals surface area (Å²) < 4.78 is 64.3. The predicted molar refractivity (Wildman–Crippen MR) is 55.6 cm³/mol. The van der Waals surface area contributed by atoms with E-state index >= 15 is 0 Å². The maximum Gasteiger partial charge on any atom is 0.573 e. The van der Waals surface area contributed by atoms with E-state index in [4.69, 9.17) is 5.11 Å². The van der Waals surface area contributed by atoms with Gasteiger partial charge in [-0.3, -0.25) is 0 Å². The highest BCUT2D eigenvalue weighted by Crippen LogP contribution is 2.35. The first kappa shape index (κ1) is 14.9. The Morgan fingerprint density at radius 3 is 2.39 bits per heavy atom. The van der Waals surface area contributed by atoms with Gasteiger partial charge in [-0.2, -0.15) is 0 Å². The minimum atomic E-state index is -5.29. The number of aromatic nitrogens is 1. The lowest BCUT2D eigenvalue weighted by atomic mass is 10.2. The van der Waals surface area contributed by atoms with Gasteiger partial charge in [0, 0.05) is 0 Å². The number of alkyl halides is 5. The van der Waals surface area contributed by atoms with Gasteiger partial charge in [-0.25, -0.2) is 18.6 Å². The summed E-state index contributed by atoms with van der Waals surface area (Å²) in [7, 11) is 0. The van der Waals surface area contributed by atoms with Crippen molar-refractivity contribution < 1.29 is 36.6 Å². The van der Waals surface area contributed by atoms with E-state index in [0.29, 0.717) is 6.07 Å². The molecule has 0 atom stereocenters. The van der Waals surface area contributed by atoms with Crippen molar-refractivity contribution in [2.24, 2.45) is 0 Å². The van der Waals surface area contributed by atoms with Crippen molar-refractivity contribution in [3.05, 3.63) is 21.0 Å². The van der Waals surface area contributed by atoms with Crippen molar-refractivity contribution in [2.75, 3.05) is 0 Å². The molecular weight excluding hydrogens is 380 g/mol. The van der Waals surface area contributed by atoms with Crippen molar-refractivity contribution >= 4 is 28.6 Å². The molecule has 0 unspecified atom stereocenters. The van der Waals surface area contributed by atoms with Crippen LogP contribution in [0.5, 0.6) is 5.75 Å². The fraction of sp³-hybridized carbons (Fsp3) is 0.250. The molecule has 0 spiro atoms. The monoisotopic (exact) mass is 383 g/mol. The fourth-order valence-corrected chi connectivity index (χ4v) is 1.62. The molecule has 18 heavy (non-hydrogen) atoms. The predicted octanol–water partition coefficient (Wildman–Crippen LogP) is 3.22. The van der Waals surface area contributed by atoms with E-state index in [-0.39, 0.29) is 3.70 Å². The summed E-state index contributed by atoms with van der Waals surface area (Å²) >= 11 is 1.41. The van der Waals surface area contributed by atoms with Gasteiger partial charge in [0.15, 0.2) is 11.4 Å². The van der Waals surface area contributed by atoms with Gasteiger partial charge < -0.3 is 9.84 Å². The smallest absolute Gasteiger partial charge is 0.478 e. The van der Waals surface area contributed by atoms with Gasteiger partial charge in [-0.05, 0) is 28.7 Å². The zero-order valence-electron chi connectivity index (χ0n) is 8.13. The Labute approximate surface area is 110 Å². The molecule has 0 aliphatic rings. The van der Waals surface area contributed by atoms with Crippen molar-refractivity contribution in [2.45, 2.75) is 12.8 Å². The molecule has 0 amide bonds. The topological polar surface area (TPSA) is 59.4 Å². The van der Waals surface area contributed by atoms with Crippen LogP contribution in [0, 0.1) is 3.70 Å². The molecule has 1 aromatic rings. The van der Waals surface area contributed by atoms with Crippen molar-refractivity contribution in [3.63, 3.8) is 0 Å². The van der Waals surface area contributed by atoms with Gasteiger partial charge >= 0.3 is 12.3 Å². The third kappa shape index (κ3) is 3.65. The summed E-state index contributed by atoms with van der Waals surface area (Å²) in [6, 6.07) is 0.704. The molecule has 0 aliphatic carbocycles. The molecule has 0 fully saturated rings. The molecule has 0 saturated carbocycles. The van der Waals surface area contributed by atoms with Crippen LogP contribution >= 0.6 is 22.6 Å². The van der Waals surface area contributed by atoms with E-state index in [2.05, 4.69) is 9.72 Å². The molecular formula is C8H3F5INO3. The standard InChI is InChI=1S/C8H3F5INO3/c9-6(10)4-5(18-8(11,12)13)2(7(16)17)1-3(14)15-4/h1,6H,(H,16,17). The Kier molecular flexibility index (Phi) is 4.29. The van der Waals surface area contributed by atoms with E-state index in [1.54, 1.807) is 0 Å². The lowest BCUT2D eigenvalue weighted by Crippen LogP contribution is -2.21. The highest BCUT2D eigenvalue weighted by atomic mass is 127. The quantitative estimate of drug-likeness (QED) is 0.495. The number of pyridine rings is 1. The number of ether oxygens (including phenoxy) is 1. The first-order valence-corrected chi connectivity index (χ1v) is 5.17. The number of hydrogen-bond acceptors (Lipinski definition) is 3. The molecule has 1 rings (SSSR count). The van der Waals surface area contributed by atoms with Gasteiger partial charge in [0.1, 0.15) is 9.26 Å². The number of carboxylic acids is 1. The molecule has 0 bridgehead atoms. The maximum absolute atomic E-state index is 12.5. The SMILES string of the molecule is O=C(O)c1cc(I)nc(C(F)F)c1OC(F)(F)F. The van der Waals surface area contributed by atoms with E-state index in [0.717, 1.165) is 0 Å². The molecule has 100 valence electrons. The van der Waals surface area contributed by atoms with Crippen LogP contribution in [0.3, 0.4) is 0 Å². The van der Waals surface area contributed by atoms with Crippen LogP contribution in [0.2, 0.25) is 0 Å². The van der Waals surface area contributed by atoms with Gasteiger partial charge in [-0.15, -0.1) is 13.2 Å². The van der Waals surface area contributed by atoms with Gasteiger partial charge in [0.2, 0.25) is 0 Å². The van der Waals surface area contributed by atoms with Crippen molar-refractivity contribution in [1.82, 2.24) is 4.98 Å². The summed E-state index contributed by atoms with van der Waals surface area (Å²) in [6.07, 6.45) is -8.68. The van der Waals surface area contributed by atoms with E-state index in [1.165, 1.54) is 22.6 Å². The van der Waals surface area contributed by atoms with Crippen molar-refractivity contribution in [1.29, 1.82) is 0 Å². The number of halogens is 6. The summed E-state index contributed by atoms with van der Waals surface area (Å²) in [4.78, 5) is 13.9. The van der Waals surface area contributed by atoms with Crippen molar-refractivity contribution in [3.8, 4) is 5.75 Å². The fourth-order valence-electron chi connectivity index (χ4n) is 1.05. The number of carboxylic acid groups (broad SMARTS) is 1. The minimum Gasteiger partial charge on any atom is -0.478 e. The molecule has 1 aromatic heterocycles. The lowest BCUT2D eigenvalue weighted by Gasteiger charge is -2.14. The number of carbonyl (C=O) groups is 1. The lowest BCUT2D eigenvalue weighted by molar-refractivity contribution is -0.275. The molecule has 4 nitrogen and oxygen atoms in total. The Balaban J connectivity index is 3.46. The highest BCUT2D eigenvalue weighted by molar-refractivity contribution is 14.1. The van der Waals surface area contributed by atoms with E-state index in [9.17, 15) is 26.7 Å². The number of aromatic carboxylic acids is 1. The third-order valence-corrected chi connectivity index (χ3v) is 2.18. The molecule has 1 heterocycles. The van der Waals surface area contributed by atoms with E-state index < -0.39 is 35.8 Å². The summed E-state index contributed by atoms with van der Waals surface area (Å²) in [6.45, 7) is 0. The van der Waals surface area contributed by atoms with Crippen LogP contribution in [-0.4, -0.2) is 22.4 Å². The van der Waals surface area contributed by atoms with Gasteiger partial charge in [0.25, 0.3) is 6.43 Å². The first-order valence-electron chi connectivity index (χ1n) is 4.09. The van der Waals surface area contributed by atoms with E-state index in [1.807, 2.05) is 0 Å². The normalized spacial score (nSPS) is 11.7. The average molecular weight is 383 g/mol. The largest absolute Gasteiger partial charge is 0.573 e. The van der Waals surface area contributed by atoms with Crippen LogP contribution in [0.1, 0.15) is 22.5 Å². The molecule has 0 aliphatic heterocycles. The molecule has 0 aromatic carbocycles. The summed E-state index contributed by atoms with van der Waals surface area (Å²) in [5, 5.41) is 8.67. The van der Waals surface area contributed by atoms with Crippen LogP contribution < -0.4 is 4.74 Å². The number of nitrogens with zero attached hydrogens (tertiary/aromatic N) is 1. The second-order valence-corrected chi connectivity index (χ2v) is 3.97. The van der Waals surface area contributed by atoms with Crippen LogP contribution in [0.4, 0.5) is 22.0 Å². The van der Waals surface area contributed by atoms with Crippen LogP contribution in [0.15, 0.2) is 6.07 Å². The minimum absolute atomic E-state index is 0.185. The zero-order chi connectivity index (χ0) is 14.1. The number of hydrogen-bond donors (Lipinski definition) is 1.